The van der Waals surface area contributed by atoms with E-state index in [1.54, 1.807) is 0 Å². The first-order chi connectivity index (χ1) is 12.8. The number of anilines is 1. The fourth-order valence-corrected chi connectivity index (χ4v) is 2.96. The normalized spacial score (nSPS) is 17.9. The Morgan fingerprint density at radius 1 is 1.30 bits per heavy atom. The first-order valence-corrected chi connectivity index (χ1v) is 8.88. The van der Waals surface area contributed by atoms with Gasteiger partial charge in [-0.2, -0.15) is 0 Å². The number of benzene rings is 1. The number of carbonyl (C=O) groups excluding carboxylic acids is 1. The maximum Gasteiger partial charge on any atom is 0.242 e. The van der Waals surface area contributed by atoms with Crippen molar-refractivity contribution in [3.8, 4) is 11.6 Å². The van der Waals surface area contributed by atoms with E-state index in [0.717, 1.165) is 19.6 Å². The predicted molar refractivity (Wildman–Crippen MR) is 100 cm³/mol. The Hall–Kier alpha value is -2.58. The van der Waals surface area contributed by atoms with Gasteiger partial charge in [0.05, 0.1) is 18.4 Å². The molecule has 1 aliphatic heterocycles. The molecule has 1 atom stereocenters. The molecule has 27 heavy (non-hydrogen) atoms. The number of hydrogen-bond donors (Lipinski definition) is 2. The van der Waals surface area contributed by atoms with E-state index in [1.165, 1.54) is 36.7 Å². The van der Waals surface area contributed by atoms with E-state index < -0.39 is 0 Å². The second kappa shape index (κ2) is 7.98. The zero-order valence-electron chi connectivity index (χ0n) is 15.7. The lowest BCUT2D eigenvalue weighted by molar-refractivity contribution is -0.121. The lowest BCUT2D eigenvalue weighted by Gasteiger charge is -2.41. The lowest BCUT2D eigenvalue weighted by Crippen LogP contribution is -2.60. The summed E-state index contributed by atoms with van der Waals surface area (Å²) in [6, 6.07) is 5.34. The van der Waals surface area contributed by atoms with Gasteiger partial charge in [-0.05, 0) is 45.0 Å². The Labute approximate surface area is 158 Å². The summed E-state index contributed by atoms with van der Waals surface area (Å²) >= 11 is 0. The summed E-state index contributed by atoms with van der Waals surface area (Å²) in [5, 5.41) is 6.22. The number of piperazine rings is 1. The van der Waals surface area contributed by atoms with Crippen LogP contribution in [-0.4, -0.2) is 52.0 Å². The lowest BCUT2D eigenvalue weighted by atomic mass is 10.0. The Kier molecular flexibility index (Phi) is 5.67. The van der Waals surface area contributed by atoms with E-state index in [4.69, 9.17) is 4.74 Å². The van der Waals surface area contributed by atoms with E-state index in [1.807, 2.05) is 6.92 Å². The van der Waals surface area contributed by atoms with Gasteiger partial charge in [-0.25, -0.2) is 14.4 Å². The van der Waals surface area contributed by atoms with Gasteiger partial charge in [-0.15, -0.1) is 0 Å². The Balaban J connectivity index is 1.57. The van der Waals surface area contributed by atoms with Crippen LogP contribution in [-0.2, 0) is 4.79 Å². The molecule has 2 heterocycles. The zero-order chi connectivity index (χ0) is 19.4. The third-order valence-electron chi connectivity index (χ3n) is 4.44. The van der Waals surface area contributed by atoms with Crippen LogP contribution in [0.1, 0.15) is 20.8 Å². The molecule has 1 aromatic carbocycles. The molecule has 1 amide bonds. The fourth-order valence-electron chi connectivity index (χ4n) is 2.96. The standard InChI is InChI=1S/C19H24FN5O2/c1-13(25-9-8-23-19(2,3)12-25)18(26)24-16-10-22-17(11-21-16)27-15-6-4-14(20)5-7-15/h4-7,10-11,13,23H,8-9,12H2,1-3H3,(H,21,24,26)/t13-/m0/s1. The molecule has 1 fully saturated rings. The quantitative estimate of drug-likeness (QED) is 0.838. The second-order valence-corrected chi connectivity index (χ2v) is 7.24. The second-order valence-electron chi connectivity index (χ2n) is 7.24. The molecule has 0 radical (unpaired) electrons. The van der Waals surface area contributed by atoms with Crippen LogP contribution in [0.2, 0.25) is 0 Å². The summed E-state index contributed by atoms with van der Waals surface area (Å²) < 4.78 is 18.4. The van der Waals surface area contributed by atoms with Gasteiger partial charge in [0, 0.05) is 25.2 Å². The molecule has 0 aliphatic carbocycles. The highest BCUT2D eigenvalue weighted by Gasteiger charge is 2.31. The van der Waals surface area contributed by atoms with Gasteiger partial charge in [0.15, 0.2) is 5.82 Å². The first kappa shape index (κ1) is 19.2. The SMILES string of the molecule is C[C@@H](C(=O)Nc1cnc(Oc2ccc(F)cc2)cn1)N1CCNC(C)(C)C1. The Morgan fingerprint density at radius 2 is 2.04 bits per heavy atom. The van der Waals surface area contributed by atoms with Crippen LogP contribution in [0.5, 0.6) is 11.6 Å². The predicted octanol–water partition coefficient (Wildman–Crippen LogP) is 2.42. The van der Waals surface area contributed by atoms with Crippen LogP contribution in [0.25, 0.3) is 0 Å². The molecule has 2 aromatic rings. The number of aromatic nitrogens is 2. The highest BCUT2D eigenvalue weighted by atomic mass is 19.1. The van der Waals surface area contributed by atoms with E-state index in [9.17, 15) is 9.18 Å². The molecule has 3 rings (SSSR count). The average molecular weight is 373 g/mol. The third-order valence-corrected chi connectivity index (χ3v) is 4.44. The van der Waals surface area contributed by atoms with Crippen molar-refractivity contribution >= 4 is 11.7 Å². The maximum absolute atomic E-state index is 12.9. The summed E-state index contributed by atoms with van der Waals surface area (Å²) in [6.45, 7) is 8.58. The summed E-state index contributed by atoms with van der Waals surface area (Å²) in [6.07, 6.45) is 2.85. The van der Waals surface area contributed by atoms with Gasteiger partial charge >= 0.3 is 0 Å². The Morgan fingerprint density at radius 3 is 2.67 bits per heavy atom. The van der Waals surface area contributed by atoms with Crippen molar-refractivity contribution in [3.05, 3.63) is 42.5 Å². The number of nitrogens with one attached hydrogen (secondary N) is 2. The molecule has 1 aromatic heterocycles. The Bertz CT molecular complexity index is 780. The topological polar surface area (TPSA) is 79.4 Å². The van der Waals surface area contributed by atoms with E-state index in [-0.39, 0.29) is 29.2 Å². The summed E-state index contributed by atoms with van der Waals surface area (Å²) in [5.74, 6) is 0.601. The van der Waals surface area contributed by atoms with Crippen molar-refractivity contribution in [2.75, 3.05) is 25.0 Å². The average Bonchev–Trinajstić information content (AvgIpc) is 2.63. The molecule has 1 aliphatic rings. The van der Waals surface area contributed by atoms with Gasteiger partial charge in [0.25, 0.3) is 0 Å². The number of ether oxygens (including phenoxy) is 1. The number of halogens is 1. The number of rotatable bonds is 5. The van der Waals surface area contributed by atoms with Gasteiger partial charge in [-0.1, -0.05) is 0 Å². The van der Waals surface area contributed by atoms with Gasteiger partial charge in [0.1, 0.15) is 11.6 Å². The minimum Gasteiger partial charge on any atom is -0.438 e. The molecule has 8 heteroatoms. The van der Waals surface area contributed by atoms with Crippen LogP contribution in [0.15, 0.2) is 36.7 Å². The van der Waals surface area contributed by atoms with Gasteiger partial charge in [-0.3, -0.25) is 9.69 Å². The van der Waals surface area contributed by atoms with Crippen LogP contribution in [0, 0.1) is 5.82 Å². The minimum absolute atomic E-state index is 0.0219. The molecule has 1 saturated heterocycles. The molecule has 0 saturated carbocycles. The molecule has 2 N–H and O–H groups in total. The highest BCUT2D eigenvalue weighted by molar-refractivity contribution is 5.93. The number of hydrogen-bond acceptors (Lipinski definition) is 6. The smallest absolute Gasteiger partial charge is 0.242 e. The van der Waals surface area contributed by atoms with Crippen LogP contribution >= 0.6 is 0 Å². The molecular weight excluding hydrogens is 349 g/mol. The van der Waals surface area contributed by atoms with Crippen LogP contribution < -0.4 is 15.4 Å². The van der Waals surface area contributed by atoms with Gasteiger partial charge < -0.3 is 15.4 Å². The van der Waals surface area contributed by atoms with Crippen molar-refractivity contribution in [2.45, 2.75) is 32.4 Å². The first-order valence-electron chi connectivity index (χ1n) is 8.88. The number of amides is 1. The summed E-state index contributed by atoms with van der Waals surface area (Å²) in [4.78, 5) is 23.0. The van der Waals surface area contributed by atoms with E-state index in [0.29, 0.717) is 11.6 Å². The van der Waals surface area contributed by atoms with Crippen molar-refractivity contribution in [2.24, 2.45) is 0 Å². The fraction of sp³-hybridized carbons (Fsp3) is 0.421. The zero-order valence-corrected chi connectivity index (χ0v) is 15.7. The molecular formula is C19H24FN5O2. The third kappa shape index (κ3) is 5.21. The maximum atomic E-state index is 12.9. The molecule has 0 spiro atoms. The van der Waals surface area contributed by atoms with Crippen molar-refractivity contribution in [3.63, 3.8) is 0 Å². The van der Waals surface area contributed by atoms with Crippen molar-refractivity contribution < 1.29 is 13.9 Å². The highest BCUT2D eigenvalue weighted by Crippen LogP contribution is 2.19. The molecule has 144 valence electrons. The minimum atomic E-state index is -0.339. The molecule has 0 bridgehead atoms. The summed E-state index contributed by atoms with van der Waals surface area (Å²) in [5.41, 5.74) is -0.0219. The van der Waals surface area contributed by atoms with Crippen molar-refractivity contribution in [1.29, 1.82) is 0 Å². The van der Waals surface area contributed by atoms with Crippen molar-refractivity contribution in [1.82, 2.24) is 20.2 Å². The largest absolute Gasteiger partial charge is 0.438 e. The van der Waals surface area contributed by atoms with Gasteiger partial charge in [0.2, 0.25) is 11.8 Å². The van der Waals surface area contributed by atoms with Crippen LogP contribution in [0.3, 0.4) is 0 Å². The monoisotopic (exact) mass is 373 g/mol. The van der Waals surface area contributed by atoms with E-state index >= 15 is 0 Å². The van der Waals surface area contributed by atoms with E-state index in [2.05, 4.69) is 39.3 Å². The number of carbonyl (C=O) groups is 1. The van der Waals surface area contributed by atoms with Crippen LogP contribution in [0.4, 0.5) is 10.2 Å². The molecule has 0 unspecified atom stereocenters. The summed E-state index contributed by atoms with van der Waals surface area (Å²) in [7, 11) is 0. The number of nitrogens with zero attached hydrogens (tertiary/aromatic N) is 3. The molecule has 7 nitrogen and oxygen atoms in total.